The predicted octanol–water partition coefficient (Wildman–Crippen LogP) is 10.5. The molecule has 0 heterocycles. The lowest BCUT2D eigenvalue weighted by Gasteiger charge is -2.15. The number of allylic oxidation sites excluding steroid dienone is 1. The first kappa shape index (κ1) is 27.2. The monoisotopic (exact) mass is 550 g/mol. The van der Waals surface area contributed by atoms with Crippen molar-refractivity contribution in [3.8, 4) is 33.4 Å². The van der Waals surface area contributed by atoms with Gasteiger partial charge in [0.2, 0.25) is 0 Å². The summed E-state index contributed by atoms with van der Waals surface area (Å²) in [7, 11) is 0. The van der Waals surface area contributed by atoms with E-state index < -0.39 is 51.7 Å². The summed E-state index contributed by atoms with van der Waals surface area (Å²) in [6, 6.07) is 18.1. The van der Waals surface area contributed by atoms with E-state index in [0.29, 0.717) is 11.6 Å². The first-order chi connectivity index (χ1) is 19.0. The van der Waals surface area contributed by atoms with Crippen LogP contribution in [0.3, 0.4) is 0 Å². The van der Waals surface area contributed by atoms with Gasteiger partial charge in [-0.3, -0.25) is 0 Å². The van der Waals surface area contributed by atoms with E-state index >= 15 is 8.78 Å². The molecule has 5 aromatic rings. The SMILES string of the molecule is C=CCCc1ccc2cc(-c3cc(F)c(-c4cc(F)cc(F)c4-c4ccc(C(F)(F)F)cc4)c(F)c3)ccc2c1. The van der Waals surface area contributed by atoms with Crippen LogP contribution in [0.2, 0.25) is 0 Å². The molecule has 0 aliphatic heterocycles. The van der Waals surface area contributed by atoms with E-state index in [-0.39, 0.29) is 11.1 Å². The molecule has 5 aromatic carbocycles. The summed E-state index contributed by atoms with van der Waals surface area (Å²) in [6.45, 7) is 3.73. The van der Waals surface area contributed by atoms with Crippen molar-refractivity contribution in [1.82, 2.24) is 0 Å². The summed E-state index contributed by atoms with van der Waals surface area (Å²) in [6.07, 6.45) is -1.11. The molecule has 0 aliphatic rings. The van der Waals surface area contributed by atoms with Crippen LogP contribution >= 0.6 is 0 Å². The van der Waals surface area contributed by atoms with Gasteiger partial charge in [0.1, 0.15) is 23.3 Å². The van der Waals surface area contributed by atoms with Gasteiger partial charge in [-0.25, -0.2) is 17.6 Å². The van der Waals surface area contributed by atoms with E-state index in [0.717, 1.165) is 71.6 Å². The maximum Gasteiger partial charge on any atom is 0.416 e. The molecule has 0 bridgehead atoms. The molecule has 0 nitrogen and oxygen atoms in total. The van der Waals surface area contributed by atoms with Crippen LogP contribution in [0.4, 0.5) is 30.7 Å². The molecule has 0 unspecified atom stereocenters. The fourth-order valence-electron chi connectivity index (χ4n) is 4.79. The zero-order valence-electron chi connectivity index (χ0n) is 20.9. The molecular weight excluding hydrogens is 529 g/mol. The maximum absolute atomic E-state index is 15.5. The van der Waals surface area contributed by atoms with Crippen LogP contribution < -0.4 is 0 Å². The molecule has 0 atom stereocenters. The second kappa shape index (κ2) is 10.6. The minimum absolute atomic E-state index is 0.0923. The van der Waals surface area contributed by atoms with Crippen LogP contribution in [0.15, 0.2) is 97.6 Å². The van der Waals surface area contributed by atoms with E-state index in [4.69, 9.17) is 0 Å². The Morgan fingerprint density at radius 3 is 1.85 bits per heavy atom. The second-order valence-corrected chi connectivity index (χ2v) is 9.42. The summed E-state index contributed by atoms with van der Waals surface area (Å²) in [5.74, 6) is -4.41. The van der Waals surface area contributed by atoms with Gasteiger partial charge < -0.3 is 0 Å². The van der Waals surface area contributed by atoms with Crippen molar-refractivity contribution in [1.29, 1.82) is 0 Å². The van der Waals surface area contributed by atoms with Gasteiger partial charge in [-0.05, 0) is 82.3 Å². The molecular formula is C33H21F7. The maximum atomic E-state index is 15.5. The minimum atomic E-state index is -4.63. The smallest absolute Gasteiger partial charge is 0.207 e. The number of hydrogen-bond donors (Lipinski definition) is 0. The summed E-state index contributed by atoms with van der Waals surface area (Å²) in [5, 5.41) is 1.82. The van der Waals surface area contributed by atoms with Gasteiger partial charge >= 0.3 is 6.18 Å². The van der Waals surface area contributed by atoms with E-state index in [1.807, 2.05) is 30.3 Å². The Labute approximate surface area is 226 Å². The number of benzene rings is 5. The molecule has 0 amide bonds. The van der Waals surface area contributed by atoms with E-state index in [1.165, 1.54) is 0 Å². The van der Waals surface area contributed by atoms with Crippen LogP contribution in [0, 0.1) is 23.3 Å². The van der Waals surface area contributed by atoms with Crippen LogP contribution in [0.5, 0.6) is 0 Å². The Balaban J connectivity index is 1.58. The van der Waals surface area contributed by atoms with Gasteiger partial charge in [0, 0.05) is 17.2 Å². The highest BCUT2D eigenvalue weighted by Crippen LogP contribution is 2.40. The lowest BCUT2D eigenvalue weighted by molar-refractivity contribution is -0.137. The average Bonchev–Trinajstić information content (AvgIpc) is 2.90. The van der Waals surface area contributed by atoms with Crippen molar-refractivity contribution in [2.75, 3.05) is 0 Å². The Bertz CT molecular complexity index is 1710. The van der Waals surface area contributed by atoms with Gasteiger partial charge in [0.25, 0.3) is 0 Å². The third-order valence-corrected chi connectivity index (χ3v) is 6.74. The number of fused-ring (bicyclic) bond motifs is 1. The molecule has 202 valence electrons. The number of alkyl halides is 3. The molecule has 5 rings (SSSR count). The van der Waals surface area contributed by atoms with Crippen molar-refractivity contribution in [2.24, 2.45) is 0 Å². The van der Waals surface area contributed by atoms with E-state index in [9.17, 15) is 22.0 Å². The predicted molar refractivity (Wildman–Crippen MR) is 144 cm³/mol. The minimum Gasteiger partial charge on any atom is -0.207 e. The lowest BCUT2D eigenvalue weighted by Crippen LogP contribution is -2.04. The fourth-order valence-corrected chi connectivity index (χ4v) is 4.79. The Morgan fingerprint density at radius 1 is 0.600 bits per heavy atom. The topological polar surface area (TPSA) is 0 Å². The molecule has 0 spiro atoms. The van der Waals surface area contributed by atoms with Crippen molar-refractivity contribution in [3.63, 3.8) is 0 Å². The highest BCUT2D eigenvalue weighted by molar-refractivity contribution is 5.89. The first-order valence-corrected chi connectivity index (χ1v) is 12.3. The number of hydrogen-bond acceptors (Lipinski definition) is 0. The molecule has 0 saturated carbocycles. The van der Waals surface area contributed by atoms with E-state index in [2.05, 4.69) is 6.58 Å². The van der Waals surface area contributed by atoms with Crippen molar-refractivity contribution < 1.29 is 30.7 Å². The zero-order chi connectivity index (χ0) is 28.6. The summed E-state index contributed by atoms with van der Waals surface area (Å²) in [4.78, 5) is 0. The van der Waals surface area contributed by atoms with Crippen LogP contribution in [-0.2, 0) is 12.6 Å². The molecule has 0 saturated heterocycles. The first-order valence-electron chi connectivity index (χ1n) is 12.3. The highest BCUT2D eigenvalue weighted by atomic mass is 19.4. The van der Waals surface area contributed by atoms with Gasteiger partial charge in [-0.2, -0.15) is 13.2 Å². The van der Waals surface area contributed by atoms with Crippen LogP contribution in [0.1, 0.15) is 17.5 Å². The third kappa shape index (κ3) is 5.37. The Kier molecular flexibility index (Phi) is 7.23. The van der Waals surface area contributed by atoms with E-state index in [1.54, 1.807) is 12.1 Å². The summed E-state index contributed by atoms with van der Waals surface area (Å²) < 4.78 is 99.2. The van der Waals surface area contributed by atoms with Crippen molar-refractivity contribution in [2.45, 2.75) is 19.0 Å². The highest BCUT2D eigenvalue weighted by Gasteiger charge is 2.30. The molecule has 0 N–H and O–H groups in total. The zero-order valence-corrected chi connectivity index (χ0v) is 20.9. The third-order valence-electron chi connectivity index (χ3n) is 6.74. The molecule has 0 radical (unpaired) electrons. The van der Waals surface area contributed by atoms with Gasteiger partial charge in [0.15, 0.2) is 0 Å². The molecule has 0 fully saturated rings. The molecule has 0 aliphatic carbocycles. The fraction of sp³-hybridized carbons (Fsp3) is 0.0909. The second-order valence-electron chi connectivity index (χ2n) is 9.42. The van der Waals surface area contributed by atoms with Crippen molar-refractivity contribution >= 4 is 10.8 Å². The largest absolute Gasteiger partial charge is 0.416 e. The van der Waals surface area contributed by atoms with Crippen molar-refractivity contribution in [3.05, 3.63) is 132 Å². The number of aryl methyl sites for hydroxylation is 1. The number of halogens is 7. The number of rotatable bonds is 6. The lowest BCUT2D eigenvalue weighted by atomic mass is 9.91. The summed E-state index contributed by atoms with van der Waals surface area (Å²) >= 11 is 0. The molecule has 7 heteroatoms. The molecule has 0 aromatic heterocycles. The van der Waals surface area contributed by atoms with Gasteiger partial charge in [-0.15, -0.1) is 6.58 Å². The standard InChI is InChI=1S/C33H21F7/c1-2-3-4-19-5-6-22-14-23(8-7-21(22)13-19)24-15-28(35)32(29(36)16-24)27-17-26(34)18-30(37)31(27)20-9-11-25(12-10-20)33(38,39)40/h2,5-18H,1,3-4H2. The average molecular weight is 551 g/mol. The quantitative estimate of drug-likeness (QED) is 0.146. The van der Waals surface area contributed by atoms with Gasteiger partial charge in [-0.1, -0.05) is 48.5 Å². The normalized spacial score (nSPS) is 11.7. The Morgan fingerprint density at radius 2 is 1.20 bits per heavy atom. The summed E-state index contributed by atoms with van der Waals surface area (Å²) in [5.41, 5.74) is -0.760. The van der Waals surface area contributed by atoms with Gasteiger partial charge in [0.05, 0.1) is 11.1 Å². The van der Waals surface area contributed by atoms with Crippen LogP contribution in [-0.4, -0.2) is 0 Å². The van der Waals surface area contributed by atoms with Crippen LogP contribution in [0.25, 0.3) is 44.2 Å². The Hall–Kier alpha value is -4.39. The molecule has 40 heavy (non-hydrogen) atoms.